The van der Waals surface area contributed by atoms with Gasteiger partial charge in [-0.3, -0.25) is 0 Å². The van der Waals surface area contributed by atoms with E-state index in [1.807, 2.05) is 17.4 Å². The quantitative estimate of drug-likeness (QED) is 0.181. The number of thiophene rings is 1. The standard InChI is InChI=1S/C52H34N2S/c1-2-13-41(14-3-1)53-48-18-7-4-15-43(48)40-12-10-11-34(30-40)38-24-27-45-44-16-5-8-19-49(44)54(50(45)32-38)42-26-23-36-29-35(21-22-37(36)31-42)39-25-28-47-46-17-6-9-20-51(46)55-52(47)33-39/h1-33,53H. The van der Waals surface area contributed by atoms with Gasteiger partial charge in [0.2, 0.25) is 0 Å². The number of nitrogens with one attached hydrogen (secondary N) is 1. The molecule has 0 saturated carbocycles. The van der Waals surface area contributed by atoms with Crippen molar-refractivity contribution in [2.75, 3.05) is 5.32 Å². The van der Waals surface area contributed by atoms with Crippen LogP contribution in [0.25, 0.3) is 91.8 Å². The fraction of sp³-hybridized carbons (Fsp3) is 0. The molecule has 11 rings (SSSR count). The number of anilines is 2. The van der Waals surface area contributed by atoms with Crippen LogP contribution in [0.3, 0.4) is 0 Å². The third kappa shape index (κ3) is 5.48. The van der Waals surface area contributed by atoms with Crippen LogP contribution >= 0.6 is 11.3 Å². The Morgan fingerprint density at radius 3 is 1.93 bits per heavy atom. The fourth-order valence-electron chi connectivity index (χ4n) is 8.27. The van der Waals surface area contributed by atoms with Crippen LogP contribution in [0.4, 0.5) is 11.4 Å². The zero-order valence-corrected chi connectivity index (χ0v) is 30.7. The van der Waals surface area contributed by atoms with Gasteiger partial charge in [-0.25, -0.2) is 0 Å². The third-order valence-corrected chi connectivity index (χ3v) is 12.1. The summed E-state index contributed by atoms with van der Waals surface area (Å²) in [5.41, 5.74) is 12.9. The minimum Gasteiger partial charge on any atom is -0.355 e. The van der Waals surface area contributed by atoms with Gasteiger partial charge in [-0.1, -0.05) is 133 Å². The molecule has 0 aliphatic carbocycles. The molecular weight excluding hydrogens is 685 g/mol. The zero-order chi connectivity index (χ0) is 36.3. The summed E-state index contributed by atoms with van der Waals surface area (Å²) in [5, 5.41) is 11.3. The Balaban J connectivity index is 0.983. The van der Waals surface area contributed by atoms with E-state index in [0.717, 1.165) is 17.1 Å². The Bertz CT molecular complexity index is 3240. The second-order valence-electron chi connectivity index (χ2n) is 14.3. The molecule has 11 aromatic rings. The molecular formula is C52H34N2S. The molecule has 0 radical (unpaired) electrons. The summed E-state index contributed by atoms with van der Waals surface area (Å²) in [6, 6.07) is 72.8. The summed E-state index contributed by atoms with van der Waals surface area (Å²) in [4.78, 5) is 0. The molecule has 0 aliphatic rings. The molecule has 2 aromatic heterocycles. The minimum absolute atomic E-state index is 1.07. The van der Waals surface area contributed by atoms with Crippen LogP contribution in [0.1, 0.15) is 0 Å². The molecule has 9 aromatic carbocycles. The highest BCUT2D eigenvalue weighted by Crippen LogP contribution is 2.39. The van der Waals surface area contributed by atoms with Crippen molar-refractivity contribution in [2.45, 2.75) is 0 Å². The van der Waals surface area contributed by atoms with Crippen molar-refractivity contribution in [3.05, 3.63) is 200 Å². The van der Waals surface area contributed by atoms with Gasteiger partial charge < -0.3 is 9.88 Å². The van der Waals surface area contributed by atoms with Gasteiger partial charge in [-0.15, -0.1) is 11.3 Å². The summed E-state index contributed by atoms with van der Waals surface area (Å²) < 4.78 is 5.10. The van der Waals surface area contributed by atoms with Gasteiger partial charge in [-0.05, 0) is 105 Å². The maximum atomic E-state index is 3.63. The Morgan fingerprint density at radius 2 is 1.00 bits per heavy atom. The Hall–Kier alpha value is -6.94. The first-order valence-corrected chi connectivity index (χ1v) is 19.6. The SMILES string of the molecule is c1ccc(Nc2ccccc2-c2cccc(-c3ccc4c5ccccc5n(-c5ccc6cc(-c7ccc8c(c7)sc7ccccc78)ccc6c5)c4c3)c2)cc1. The van der Waals surface area contributed by atoms with Gasteiger partial charge in [0.25, 0.3) is 0 Å². The van der Waals surface area contributed by atoms with Gasteiger partial charge in [0.05, 0.1) is 11.0 Å². The molecule has 0 spiro atoms. The Kier molecular flexibility index (Phi) is 7.39. The molecule has 2 heterocycles. The molecule has 55 heavy (non-hydrogen) atoms. The van der Waals surface area contributed by atoms with Crippen molar-refractivity contribution in [3.63, 3.8) is 0 Å². The number of rotatable bonds is 6. The van der Waals surface area contributed by atoms with Crippen LogP contribution < -0.4 is 5.32 Å². The highest BCUT2D eigenvalue weighted by atomic mass is 32.1. The number of nitrogens with zero attached hydrogens (tertiary/aromatic N) is 1. The predicted molar refractivity (Wildman–Crippen MR) is 237 cm³/mol. The normalized spacial score (nSPS) is 11.6. The lowest BCUT2D eigenvalue weighted by Crippen LogP contribution is -1.94. The zero-order valence-electron chi connectivity index (χ0n) is 29.9. The number of fused-ring (bicyclic) bond motifs is 7. The number of aromatic nitrogens is 1. The molecule has 0 fully saturated rings. The molecule has 0 amide bonds. The number of hydrogen-bond acceptors (Lipinski definition) is 2. The van der Waals surface area contributed by atoms with E-state index in [2.05, 4.69) is 204 Å². The second kappa shape index (κ2) is 12.9. The highest BCUT2D eigenvalue weighted by molar-refractivity contribution is 7.25. The van der Waals surface area contributed by atoms with Crippen LogP contribution in [0.15, 0.2) is 200 Å². The molecule has 3 heteroatoms. The molecule has 1 N–H and O–H groups in total. The van der Waals surface area contributed by atoms with E-state index >= 15 is 0 Å². The van der Waals surface area contributed by atoms with Gasteiger partial charge >= 0.3 is 0 Å². The summed E-state index contributed by atoms with van der Waals surface area (Å²) in [5.74, 6) is 0. The molecule has 0 saturated heterocycles. The lowest BCUT2D eigenvalue weighted by molar-refractivity contribution is 1.19. The summed E-state index contributed by atoms with van der Waals surface area (Å²) in [7, 11) is 0. The van der Waals surface area contributed by atoms with E-state index in [-0.39, 0.29) is 0 Å². The van der Waals surface area contributed by atoms with Gasteiger partial charge in [-0.2, -0.15) is 0 Å². The van der Waals surface area contributed by atoms with Crippen molar-refractivity contribution in [3.8, 4) is 39.1 Å². The van der Waals surface area contributed by atoms with Crippen molar-refractivity contribution in [1.29, 1.82) is 0 Å². The van der Waals surface area contributed by atoms with E-state index in [1.165, 1.54) is 86.1 Å². The largest absolute Gasteiger partial charge is 0.355 e. The first-order valence-electron chi connectivity index (χ1n) is 18.7. The van der Waals surface area contributed by atoms with Crippen molar-refractivity contribution >= 4 is 75.5 Å². The lowest BCUT2D eigenvalue weighted by atomic mass is 9.97. The number of para-hydroxylation sites is 3. The molecule has 0 unspecified atom stereocenters. The van der Waals surface area contributed by atoms with Crippen molar-refractivity contribution in [2.24, 2.45) is 0 Å². The van der Waals surface area contributed by atoms with Crippen LogP contribution in [-0.2, 0) is 0 Å². The average molecular weight is 719 g/mol. The van der Waals surface area contributed by atoms with Gasteiger partial charge in [0, 0.05) is 53.6 Å². The van der Waals surface area contributed by atoms with Gasteiger partial charge in [0.15, 0.2) is 0 Å². The van der Waals surface area contributed by atoms with Crippen LogP contribution in [0.2, 0.25) is 0 Å². The van der Waals surface area contributed by atoms with E-state index in [0.29, 0.717) is 0 Å². The van der Waals surface area contributed by atoms with Gasteiger partial charge in [0.1, 0.15) is 0 Å². The maximum absolute atomic E-state index is 3.63. The monoisotopic (exact) mass is 718 g/mol. The number of benzene rings is 9. The van der Waals surface area contributed by atoms with Crippen LogP contribution in [-0.4, -0.2) is 4.57 Å². The number of hydrogen-bond donors (Lipinski definition) is 1. The second-order valence-corrected chi connectivity index (χ2v) is 15.3. The van der Waals surface area contributed by atoms with E-state index < -0.39 is 0 Å². The molecule has 0 atom stereocenters. The Labute approximate surface area is 323 Å². The maximum Gasteiger partial charge on any atom is 0.0547 e. The summed E-state index contributed by atoms with van der Waals surface area (Å²) >= 11 is 1.87. The van der Waals surface area contributed by atoms with Crippen molar-refractivity contribution in [1.82, 2.24) is 4.57 Å². The summed E-state index contributed by atoms with van der Waals surface area (Å²) in [6.07, 6.45) is 0. The molecule has 258 valence electrons. The highest BCUT2D eigenvalue weighted by Gasteiger charge is 2.15. The minimum atomic E-state index is 1.07. The molecule has 2 nitrogen and oxygen atoms in total. The van der Waals surface area contributed by atoms with Crippen LogP contribution in [0.5, 0.6) is 0 Å². The Morgan fingerprint density at radius 1 is 0.364 bits per heavy atom. The average Bonchev–Trinajstić information content (AvgIpc) is 3.79. The predicted octanol–water partition coefficient (Wildman–Crippen LogP) is 15.0. The topological polar surface area (TPSA) is 17.0 Å². The first kappa shape index (κ1) is 31.6. The molecule has 0 aliphatic heterocycles. The smallest absolute Gasteiger partial charge is 0.0547 e. The van der Waals surface area contributed by atoms with E-state index in [4.69, 9.17) is 0 Å². The van der Waals surface area contributed by atoms with Crippen molar-refractivity contribution < 1.29 is 0 Å². The van der Waals surface area contributed by atoms with E-state index in [9.17, 15) is 0 Å². The fourth-order valence-corrected chi connectivity index (χ4v) is 9.42. The first-order chi connectivity index (χ1) is 27.2. The molecule has 0 bridgehead atoms. The van der Waals surface area contributed by atoms with E-state index in [1.54, 1.807) is 0 Å². The van der Waals surface area contributed by atoms with Crippen LogP contribution in [0, 0.1) is 0 Å². The lowest BCUT2D eigenvalue weighted by Gasteiger charge is -2.14. The summed E-state index contributed by atoms with van der Waals surface area (Å²) in [6.45, 7) is 0. The third-order valence-electron chi connectivity index (χ3n) is 11.0.